The number of amides is 1. The molecule has 1 saturated heterocycles. The summed E-state index contributed by atoms with van der Waals surface area (Å²) in [6.45, 7) is 1.20. The van der Waals surface area contributed by atoms with E-state index in [1.54, 1.807) is 48.0 Å². The second kappa shape index (κ2) is 7.45. The molecule has 3 aromatic rings. The van der Waals surface area contributed by atoms with Gasteiger partial charge in [0.1, 0.15) is 5.69 Å². The van der Waals surface area contributed by atoms with Crippen LogP contribution in [-0.2, 0) is 0 Å². The number of nitrogens with one attached hydrogen (secondary N) is 1. The second-order valence-corrected chi connectivity index (χ2v) is 6.44. The Balaban J connectivity index is 1.59. The van der Waals surface area contributed by atoms with Crippen LogP contribution in [0, 0.1) is 0 Å². The van der Waals surface area contributed by atoms with Crippen molar-refractivity contribution in [3.63, 3.8) is 0 Å². The third kappa shape index (κ3) is 3.74. The van der Waals surface area contributed by atoms with Crippen molar-refractivity contribution in [2.45, 2.75) is 18.8 Å². The predicted molar refractivity (Wildman–Crippen MR) is 98.0 cm³/mol. The Morgan fingerprint density at radius 1 is 1.19 bits per heavy atom. The molecule has 1 aliphatic heterocycles. The summed E-state index contributed by atoms with van der Waals surface area (Å²) in [5.41, 5.74) is 1.51. The molecule has 4 heterocycles. The van der Waals surface area contributed by atoms with E-state index in [1.807, 2.05) is 0 Å². The standard InChI is InChI=1S/C19H18N6O2/c26-17-9-15(23-18(24-17)16-11-21-6-7-22-16)14-4-2-8-25(12-14)19(27)13-3-1-5-20-10-13/h1,3,5-7,9-11,14H,2,4,8,12H2,(H,23,24,26)/t14-/m0/s1. The highest BCUT2D eigenvalue weighted by Gasteiger charge is 2.27. The Hall–Kier alpha value is -3.42. The number of piperidine rings is 1. The van der Waals surface area contributed by atoms with Crippen molar-refractivity contribution in [1.82, 2.24) is 29.8 Å². The van der Waals surface area contributed by atoms with Crippen LogP contribution in [-0.4, -0.2) is 48.8 Å². The lowest BCUT2D eigenvalue weighted by Crippen LogP contribution is -2.39. The summed E-state index contributed by atoms with van der Waals surface area (Å²) in [6, 6.07) is 5.01. The average molecular weight is 362 g/mol. The highest BCUT2D eigenvalue weighted by atomic mass is 16.2. The highest BCUT2D eigenvalue weighted by molar-refractivity contribution is 5.94. The van der Waals surface area contributed by atoms with Crippen molar-refractivity contribution in [1.29, 1.82) is 0 Å². The lowest BCUT2D eigenvalue weighted by molar-refractivity contribution is 0.0705. The van der Waals surface area contributed by atoms with Crippen LogP contribution in [0.25, 0.3) is 11.5 Å². The topological polar surface area (TPSA) is 105 Å². The number of pyridine rings is 1. The number of nitrogens with zero attached hydrogens (tertiary/aromatic N) is 5. The van der Waals surface area contributed by atoms with Crippen molar-refractivity contribution in [3.8, 4) is 11.5 Å². The van der Waals surface area contributed by atoms with Crippen LogP contribution < -0.4 is 5.56 Å². The fourth-order valence-corrected chi connectivity index (χ4v) is 3.30. The molecule has 8 nitrogen and oxygen atoms in total. The van der Waals surface area contributed by atoms with Gasteiger partial charge in [-0.2, -0.15) is 0 Å². The number of carbonyl (C=O) groups excluding carboxylic acids is 1. The third-order valence-electron chi connectivity index (χ3n) is 4.60. The van der Waals surface area contributed by atoms with Gasteiger partial charge in [0.25, 0.3) is 11.5 Å². The number of carbonyl (C=O) groups is 1. The molecule has 0 spiro atoms. The normalized spacial score (nSPS) is 16.9. The molecule has 1 aliphatic rings. The van der Waals surface area contributed by atoms with Crippen molar-refractivity contribution in [3.05, 3.63) is 70.8 Å². The molecule has 0 aliphatic carbocycles. The zero-order valence-electron chi connectivity index (χ0n) is 14.6. The molecule has 0 radical (unpaired) electrons. The van der Waals surface area contributed by atoms with Crippen LogP contribution in [0.15, 0.2) is 54.0 Å². The minimum Gasteiger partial charge on any atom is -0.338 e. The Bertz CT molecular complexity index is 990. The monoisotopic (exact) mass is 362 g/mol. The molecule has 3 aromatic heterocycles. The largest absolute Gasteiger partial charge is 0.338 e. The minimum absolute atomic E-state index is 0.00269. The van der Waals surface area contributed by atoms with Gasteiger partial charge in [-0.1, -0.05) is 0 Å². The van der Waals surface area contributed by atoms with E-state index >= 15 is 0 Å². The molecule has 136 valence electrons. The Morgan fingerprint density at radius 3 is 2.85 bits per heavy atom. The zero-order valence-corrected chi connectivity index (χ0v) is 14.6. The van der Waals surface area contributed by atoms with Gasteiger partial charge in [0.15, 0.2) is 5.82 Å². The maximum Gasteiger partial charge on any atom is 0.255 e. The summed E-state index contributed by atoms with van der Waals surface area (Å²) in [5, 5.41) is 0. The number of hydrogen-bond acceptors (Lipinski definition) is 6. The summed E-state index contributed by atoms with van der Waals surface area (Å²) >= 11 is 0. The summed E-state index contributed by atoms with van der Waals surface area (Å²) in [4.78, 5) is 46.2. The lowest BCUT2D eigenvalue weighted by atomic mass is 9.94. The molecule has 4 rings (SSSR count). The van der Waals surface area contributed by atoms with Crippen LogP contribution in [0.1, 0.15) is 34.8 Å². The van der Waals surface area contributed by atoms with Gasteiger partial charge in [0.05, 0.1) is 17.5 Å². The van der Waals surface area contributed by atoms with Gasteiger partial charge in [-0.3, -0.25) is 19.6 Å². The maximum absolute atomic E-state index is 12.7. The van der Waals surface area contributed by atoms with Crippen LogP contribution in [0.2, 0.25) is 0 Å². The first kappa shape index (κ1) is 17.0. The molecule has 1 N–H and O–H groups in total. The molecule has 27 heavy (non-hydrogen) atoms. The molecule has 8 heteroatoms. The molecule has 0 aromatic carbocycles. The number of aromatic amines is 1. The quantitative estimate of drug-likeness (QED) is 0.759. The highest BCUT2D eigenvalue weighted by Crippen LogP contribution is 2.26. The van der Waals surface area contributed by atoms with E-state index in [9.17, 15) is 9.59 Å². The first-order valence-electron chi connectivity index (χ1n) is 8.77. The number of H-pyrrole nitrogens is 1. The molecule has 1 fully saturated rings. The van der Waals surface area contributed by atoms with Crippen molar-refractivity contribution in [2.75, 3.05) is 13.1 Å². The molecule has 1 atom stereocenters. The summed E-state index contributed by atoms with van der Waals surface area (Å²) in [6.07, 6.45) is 9.61. The van der Waals surface area contributed by atoms with E-state index in [1.165, 1.54) is 6.07 Å². The van der Waals surface area contributed by atoms with E-state index in [4.69, 9.17) is 0 Å². The van der Waals surface area contributed by atoms with Gasteiger partial charge in [0, 0.05) is 49.9 Å². The number of likely N-dealkylation sites (tertiary alicyclic amines) is 1. The second-order valence-electron chi connectivity index (χ2n) is 6.44. The Morgan fingerprint density at radius 2 is 2.07 bits per heavy atom. The van der Waals surface area contributed by atoms with Crippen LogP contribution in [0.4, 0.5) is 0 Å². The van der Waals surface area contributed by atoms with Gasteiger partial charge in [-0.15, -0.1) is 0 Å². The summed E-state index contributed by atoms with van der Waals surface area (Å²) < 4.78 is 0. The number of aromatic nitrogens is 5. The number of rotatable bonds is 3. The fourth-order valence-electron chi connectivity index (χ4n) is 3.30. The molecular weight excluding hydrogens is 344 g/mol. The van der Waals surface area contributed by atoms with E-state index < -0.39 is 0 Å². The minimum atomic E-state index is -0.239. The molecule has 1 amide bonds. The molecular formula is C19H18N6O2. The SMILES string of the molecule is O=C(c1cccnc1)N1CCC[C@H](c2cc(=O)[nH]c(-c3cnccn3)n2)C1. The van der Waals surface area contributed by atoms with Crippen LogP contribution in [0.3, 0.4) is 0 Å². The lowest BCUT2D eigenvalue weighted by Gasteiger charge is -2.32. The third-order valence-corrected chi connectivity index (χ3v) is 4.60. The Labute approximate surface area is 155 Å². The zero-order chi connectivity index (χ0) is 18.6. The van der Waals surface area contributed by atoms with Crippen LogP contribution >= 0.6 is 0 Å². The van der Waals surface area contributed by atoms with Crippen molar-refractivity contribution >= 4 is 5.91 Å². The molecule has 0 unspecified atom stereocenters. The fraction of sp³-hybridized carbons (Fsp3) is 0.263. The van der Waals surface area contributed by atoms with E-state index in [2.05, 4.69) is 24.9 Å². The van der Waals surface area contributed by atoms with Gasteiger partial charge in [-0.25, -0.2) is 9.97 Å². The Kier molecular flexibility index (Phi) is 4.69. The van der Waals surface area contributed by atoms with Gasteiger partial charge in [0.2, 0.25) is 0 Å². The maximum atomic E-state index is 12.7. The van der Waals surface area contributed by atoms with Crippen molar-refractivity contribution < 1.29 is 4.79 Å². The van der Waals surface area contributed by atoms with E-state index in [-0.39, 0.29) is 17.4 Å². The first-order valence-corrected chi connectivity index (χ1v) is 8.77. The molecule has 0 bridgehead atoms. The summed E-state index contributed by atoms with van der Waals surface area (Å²) in [5.74, 6) is 0.338. The molecule has 0 saturated carbocycles. The predicted octanol–water partition coefficient (Wildman–Crippen LogP) is 1.64. The smallest absolute Gasteiger partial charge is 0.255 e. The van der Waals surface area contributed by atoms with Crippen molar-refractivity contribution in [2.24, 2.45) is 0 Å². The number of hydrogen-bond donors (Lipinski definition) is 1. The van der Waals surface area contributed by atoms with E-state index in [0.717, 1.165) is 12.8 Å². The van der Waals surface area contributed by atoms with E-state index in [0.29, 0.717) is 35.9 Å². The van der Waals surface area contributed by atoms with Gasteiger partial charge in [-0.05, 0) is 25.0 Å². The average Bonchev–Trinajstić information content (AvgIpc) is 2.74. The van der Waals surface area contributed by atoms with Gasteiger partial charge >= 0.3 is 0 Å². The summed E-state index contributed by atoms with van der Waals surface area (Å²) in [7, 11) is 0. The van der Waals surface area contributed by atoms with Gasteiger partial charge < -0.3 is 9.88 Å². The van der Waals surface area contributed by atoms with Crippen LogP contribution in [0.5, 0.6) is 0 Å². The first-order chi connectivity index (χ1) is 13.2.